The summed E-state index contributed by atoms with van der Waals surface area (Å²) >= 11 is 0. The smallest absolute Gasteiger partial charge is 0.127 e. The van der Waals surface area contributed by atoms with E-state index in [1.807, 2.05) is 12.1 Å². The topological polar surface area (TPSA) is 30.0 Å². The van der Waals surface area contributed by atoms with E-state index in [2.05, 4.69) is 4.98 Å². The second-order valence-electron chi connectivity index (χ2n) is 2.82. The van der Waals surface area contributed by atoms with Gasteiger partial charge in [0.25, 0.3) is 0 Å². The quantitative estimate of drug-likeness (QED) is 0.560. The Bertz CT molecular complexity index is 283. The van der Waals surface area contributed by atoms with E-state index in [9.17, 15) is 4.79 Å². The molecule has 0 spiro atoms. The van der Waals surface area contributed by atoms with Crippen LogP contribution < -0.4 is 0 Å². The highest BCUT2D eigenvalue weighted by Gasteiger charge is 2.21. The SMILES string of the molecule is O=CC1CCc2ncccc21. The number of fused-ring (bicyclic) bond motifs is 1. The van der Waals surface area contributed by atoms with E-state index >= 15 is 0 Å². The molecule has 1 heterocycles. The first-order valence-corrected chi connectivity index (χ1v) is 3.81. The summed E-state index contributed by atoms with van der Waals surface area (Å²) in [5.41, 5.74) is 2.23. The van der Waals surface area contributed by atoms with Crippen LogP contribution in [0, 0.1) is 0 Å². The third kappa shape index (κ3) is 0.946. The Kier molecular flexibility index (Phi) is 1.46. The van der Waals surface area contributed by atoms with Crippen LogP contribution in [0.3, 0.4) is 0 Å². The normalized spacial score (nSPS) is 21.3. The molecular formula is C9H9NO. The highest BCUT2D eigenvalue weighted by atomic mass is 16.1. The summed E-state index contributed by atoms with van der Waals surface area (Å²) < 4.78 is 0. The number of rotatable bonds is 1. The molecule has 0 saturated carbocycles. The molecule has 2 rings (SSSR count). The maximum Gasteiger partial charge on any atom is 0.127 e. The molecule has 0 saturated heterocycles. The van der Waals surface area contributed by atoms with Crippen LogP contribution in [-0.2, 0) is 11.2 Å². The van der Waals surface area contributed by atoms with Crippen molar-refractivity contribution in [2.24, 2.45) is 0 Å². The molecule has 0 aromatic carbocycles. The number of hydrogen-bond acceptors (Lipinski definition) is 2. The van der Waals surface area contributed by atoms with Crippen molar-refractivity contribution in [2.75, 3.05) is 0 Å². The number of nitrogens with zero attached hydrogens (tertiary/aromatic N) is 1. The Morgan fingerprint density at radius 2 is 2.55 bits per heavy atom. The van der Waals surface area contributed by atoms with Gasteiger partial charge in [-0.15, -0.1) is 0 Å². The first kappa shape index (κ1) is 6.53. The number of pyridine rings is 1. The monoisotopic (exact) mass is 147 g/mol. The zero-order valence-electron chi connectivity index (χ0n) is 6.16. The lowest BCUT2D eigenvalue weighted by molar-refractivity contribution is -0.109. The molecule has 56 valence electrons. The summed E-state index contributed by atoms with van der Waals surface area (Å²) in [5, 5.41) is 0. The number of hydrogen-bond donors (Lipinski definition) is 0. The van der Waals surface area contributed by atoms with Gasteiger partial charge in [0.05, 0.1) is 0 Å². The van der Waals surface area contributed by atoms with E-state index in [0.717, 1.165) is 30.4 Å². The summed E-state index contributed by atoms with van der Waals surface area (Å²) in [7, 11) is 0. The molecule has 1 aliphatic rings. The standard InChI is InChI=1S/C9H9NO/c11-6-7-3-4-9-8(7)2-1-5-10-9/h1-2,5-7H,3-4H2. The van der Waals surface area contributed by atoms with Gasteiger partial charge in [-0.1, -0.05) is 6.07 Å². The van der Waals surface area contributed by atoms with Crippen molar-refractivity contribution in [3.05, 3.63) is 29.6 Å². The zero-order chi connectivity index (χ0) is 7.68. The number of carbonyl (C=O) groups excluding carboxylic acids is 1. The summed E-state index contributed by atoms with van der Waals surface area (Å²) in [6.07, 6.45) is 4.70. The largest absolute Gasteiger partial charge is 0.303 e. The molecule has 2 heteroatoms. The van der Waals surface area contributed by atoms with Crippen LogP contribution >= 0.6 is 0 Å². The molecule has 0 N–H and O–H groups in total. The molecule has 2 nitrogen and oxygen atoms in total. The summed E-state index contributed by atoms with van der Waals surface area (Å²) in [4.78, 5) is 14.7. The Labute approximate surface area is 65.3 Å². The zero-order valence-corrected chi connectivity index (χ0v) is 6.16. The van der Waals surface area contributed by atoms with Gasteiger partial charge in [-0.2, -0.15) is 0 Å². The molecule has 0 aliphatic heterocycles. The molecule has 1 aromatic heterocycles. The minimum absolute atomic E-state index is 0.110. The Morgan fingerprint density at radius 3 is 3.36 bits per heavy atom. The highest BCUT2D eigenvalue weighted by Crippen LogP contribution is 2.29. The lowest BCUT2D eigenvalue weighted by atomic mass is 10.1. The average molecular weight is 147 g/mol. The fourth-order valence-electron chi connectivity index (χ4n) is 1.59. The lowest BCUT2D eigenvalue weighted by Crippen LogP contribution is -1.93. The second kappa shape index (κ2) is 2.46. The molecule has 1 aromatic rings. The van der Waals surface area contributed by atoms with Gasteiger partial charge >= 0.3 is 0 Å². The van der Waals surface area contributed by atoms with Crippen LogP contribution in [0.15, 0.2) is 18.3 Å². The molecule has 0 bridgehead atoms. The van der Waals surface area contributed by atoms with Crippen molar-refractivity contribution in [1.29, 1.82) is 0 Å². The van der Waals surface area contributed by atoms with Crippen molar-refractivity contribution in [1.82, 2.24) is 4.98 Å². The number of carbonyl (C=O) groups is 1. The predicted octanol–water partition coefficient (Wildman–Crippen LogP) is 1.31. The first-order chi connectivity index (χ1) is 5.42. The second-order valence-corrected chi connectivity index (χ2v) is 2.82. The van der Waals surface area contributed by atoms with Crippen LogP contribution in [-0.4, -0.2) is 11.3 Å². The van der Waals surface area contributed by atoms with E-state index in [-0.39, 0.29) is 5.92 Å². The van der Waals surface area contributed by atoms with Gasteiger partial charge in [0, 0.05) is 17.8 Å². The summed E-state index contributed by atoms with van der Waals surface area (Å²) in [6.45, 7) is 0. The van der Waals surface area contributed by atoms with E-state index < -0.39 is 0 Å². The fraction of sp³-hybridized carbons (Fsp3) is 0.333. The van der Waals surface area contributed by atoms with Gasteiger partial charge in [0.1, 0.15) is 6.29 Å². The van der Waals surface area contributed by atoms with Gasteiger partial charge in [-0.25, -0.2) is 0 Å². The van der Waals surface area contributed by atoms with Crippen molar-refractivity contribution < 1.29 is 4.79 Å². The van der Waals surface area contributed by atoms with E-state index in [1.165, 1.54) is 0 Å². The van der Waals surface area contributed by atoms with Gasteiger partial charge < -0.3 is 4.79 Å². The van der Waals surface area contributed by atoms with Crippen molar-refractivity contribution in [3.63, 3.8) is 0 Å². The van der Waals surface area contributed by atoms with Crippen LogP contribution in [0.25, 0.3) is 0 Å². The lowest BCUT2D eigenvalue weighted by Gasteiger charge is -1.99. The molecule has 1 unspecified atom stereocenters. The Morgan fingerprint density at radius 1 is 1.64 bits per heavy atom. The van der Waals surface area contributed by atoms with Crippen molar-refractivity contribution in [3.8, 4) is 0 Å². The van der Waals surface area contributed by atoms with E-state index in [0.29, 0.717) is 0 Å². The molecular weight excluding hydrogens is 138 g/mol. The van der Waals surface area contributed by atoms with Gasteiger partial charge in [0.15, 0.2) is 0 Å². The minimum atomic E-state index is 0.110. The molecule has 0 amide bonds. The molecule has 0 radical (unpaired) electrons. The van der Waals surface area contributed by atoms with E-state index in [4.69, 9.17) is 0 Å². The van der Waals surface area contributed by atoms with Gasteiger partial charge in [-0.3, -0.25) is 4.98 Å². The molecule has 0 fully saturated rings. The van der Waals surface area contributed by atoms with Crippen molar-refractivity contribution >= 4 is 6.29 Å². The molecule has 1 aliphatic carbocycles. The Balaban J connectivity index is 2.46. The van der Waals surface area contributed by atoms with Crippen molar-refractivity contribution in [2.45, 2.75) is 18.8 Å². The minimum Gasteiger partial charge on any atom is -0.303 e. The molecule has 11 heavy (non-hydrogen) atoms. The van der Waals surface area contributed by atoms with Crippen LogP contribution in [0.4, 0.5) is 0 Å². The van der Waals surface area contributed by atoms with Crippen LogP contribution in [0.1, 0.15) is 23.6 Å². The number of aryl methyl sites for hydroxylation is 1. The summed E-state index contributed by atoms with van der Waals surface area (Å²) in [6, 6.07) is 3.88. The van der Waals surface area contributed by atoms with Crippen LogP contribution in [0.2, 0.25) is 0 Å². The highest BCUT2D eigenvalue weighted by molar-refractivity contribution is 5.64. The summed E-state index contributed by atoms with van der Waals surface area (Å²) in [5.74, 6) is 0.110. The third-order valence-electron chi connectivity index (χ3n) is 2.18. The van der Waals surface area contributed by atoms with Crippen LogP contribution in [0.5, 0.6) is 0 Å². The Hall–Kier alpha value is -1.18. The van der Waals surface area contributed by atoms with Gasteiger partial charge in [-0.05, 0) is 24.5 Å². The maximum absolute atomic E-state index is 10.5. The van der Waals surface area contributed by atoms with E-state index in [1.54, 1.807) is 6.20 Å². The maximum atomic E-state index is 10.5. The fourth-order valence-corrected chi connectivity index (χ4v) is 1.59. The molecule has 1 atom stereocenters. The average Bonchev–Trinajstić information content (AvgIpc) is 2.47. The van der Waals surface area contributed by atoms with Gasteiger partial charge in [0.2, 0.25) is 0 Å². The third-order valence-corrected chi connectivity index (χ3v) is 2.18. The predicted molar refractivity (Wildman–Crippen MR) is 41.4 cm³/mol. The number of aldehydes is 1. The number of aromatic nitrogens is 1. The first-order valence-electron chi connectivity index (χ1n) is 3.81.